The van der Waals surface area contributed by atoms with Gasteiger partial charge in [-0.2, -0.15) is 0 Å². The highest BCUT2D eigenvalue weighted by molar-refractivity contribution is 7.10. The molecule has 1 aromatic rings. The SMILES string of the molecule is CCN(CC(N)=O)C(=O)N1CCc2sccc2C1C(=O)O. The van der Waals surface area contributed by atoms with Crippen molar-refractivity contribution in [2.45, 2.75) is 19.4 Å². The minimum absolute atomic E-state index is 0.214. The van der Waals surface area contributed by atoms with E-state index in [1.807, 2.05) is 5.38 Å². The lowest BCUT2D eigenvalue weighted by molar-refractivity contribution is -0.143. The molecule has 2 heterocycles. The van der Waals surface area contributed by atoms with Crippen LogP contribution in [0.3, 0.4) is 0 Å². The van der Waals surface area contributed by atoms with E-state index in [1.165, 1.54) is 21.1 Å². The van der Waals surface area contributed by atoms with Crippen LogP contribution in [0.2, 0.25) is 0 Å². The second kappa shape index (κ2) is 6.13. The van der Waals surface area contributed by atoms with Gasteiger partial charge in [0.25, 0.3) is 0 Å². The quantitative estimate of drug-likeness (QED) is 0.852. The van der Waals surface area contributed by atoms with Gasteiger partial charge in [0.05, 0.1) is 0 Å². The van der Waals surface area contributed by atoms with Crippen molar-refractivity contribution in [3.8, 4) is 0 Å². The highest BCUT2D eigenvalue weighted by atomic mass is 32.1. The van der Waals surface area contributed by atoms with E-state index in [0.717, 1.165) is 4.88 Å². The number of likely N-dealkylation sites (N-methyl/N-ethyl adjacent to an activating group) is 1. The van der Waals surface area contributed by atoms with Gasteiger partial charge in [0.1, 0.15) is 6.54 Å². The van der Waals surface area contributed by atoms with Gasteiger partial charge in [0.2, 0.25) is 5.91 Å². The summed E-state index contributed by atoms with van der Waals surface area (Å²) in [5.74, 6) is -1.69. The second-order valence-corrected chi connectivity index (χ2v) is 5.75. The predicted molar refractivity (Wildman–Crippen MR) is 76.9 cm³/mol. The van der Waals surface area contributed by atoms with Gasteiger partial charge < -0.3 is 20.6 Å². The maximum atomic E-state index is 12.5. The molecule has 1 atom stereocenters. The Bertz CT molecular complexity index is 572. The number of nitrogens with zero attached hydrogens (tertiary/aromatic N) is 2. The molecule has 1 aromatic heterocycles. The standard InChI is InChI=1S/C13H17N3O4S/c1-2-15(7-10(14)17)13(20)16-5-3-9-8(4-6-21-9)11(16)12(18)19/h4,6,11H,2-3,5,7H2,1H3,(H2,14,17)(H,18,19). The number of amides is 3. The van der Waals surface area contributed by atoms with Crippen LogP contribution in [-0.4, -0.2) is 52.4 Å². The summed E-state index contributed by atoms with van der Waals surface area (Å²) in [5, 5.41) is 11.3. The lowest BCUT2D eigenvalue weighted by atomic mass is 10.0. The first-order valence-electron chi connectivity index (χ1n) is 6.58. The highest BCUT2D eigenvalue weighted by Crippen LogP contribution is 2.34. The van der Waals surface area contributed by atoms with Crippen LogP contribution >= 0.6 is 11.3 Å². The Balaban J connectivity index is 2.28. The van der Waals surface area contributed by atoms with Crippen LogP contribution < -0.4 is 5.73 Å². The molecule has 1 unspecified atom stereocenters. The van der Waals surface area contributed by atoms with Crippen molar-refractivity contribution in [1.82, 2.24) is 9.80 Å². The first-order chi connectivity index (χ1) is 9.95. The molecule has 0 aliphatic carbocycles. The number of hydrogen-bond acceptors (Lipinski definition) is 4. The van der Waals surface area contributed by atoms with Crippen LogP contribution in [0.25, 0.3) is 0 Å². The number of hydrogen-bond donors (Lipinski definition) is 2. The number of aliphatic carboxylic acids is 1. The number of rotatable bonds is 4. The summed E-state index contributed by atoms with van der Waals surface area (Å²) >= 11 is 1.50. The number of fused-ring (bicyclic) bond motifs is 1. The molecule has 0 spiro atoms. The number of carboxylic acids is 1. The zero-order valence-corrected chi connectivity index (χ0v) is 12.4. The van der Waals surface area contributed by atoms with Crippen LogP contribution in [-0.2, 0) is 16.0 Å². The fraction of sp³-hybridized carbons (Fsp3) is 0.462. The predicted octanol–water partition coefficient (Wildman–Crippen LogP) is 0.659. The summed E-state index contributed by atoms with van der Waals surface area (Å²) in [5.41, 5.74) is 5.78. The summed E-state index contributed by atoms with van der Waals surface area (Å²) in [6.07, 6.45) is 0.622. The van der Waals surface area contributed by atoms with Gasteiger partial charge >= 0.3 is 12.0 Å². The van der Waals surface area contributed by atoms with Crippen LogP contribution in [0.1, 0.15) is 23.4 Å². The highest BCUT2D eigenvalue weighted by Gasteiger charge is 2.38. The Hall–Kier alpha value is -2.09. The summed E-state index contributed by atoms with van der Waals surface area (Å²) in [6, 6.07) is 0.262. The average molecular weight is 311 g/mol. The molecule has 21 heavy (non-hydrogen) atoms. The normalized spacial score (nSPS) is 17.2. The van der Waals surface area contributed by atoms with Crippen molar-refractivity contribution in [3.63, 3.8) is 0 Å². The molecular weight excluding hydrogens is 294 g/mol. The van der Waals surface area contributed by atoms with E-state index in [4.69, 9.17) is 5.73 Å². The van der Waals surface area contributed by atoms with Crippen LogP contribution in [0.5, 0.6) is 0 Å². The molecule has 3 N–H and O–H groups in total. The van der Waals surface area contributed by atoms with Gasteiger partial charge in [-0.05, 0) is 30.4 Å². The van der Waals surface area contributed by atoms with Gasteiger partial charge in [0.15, 0.2) is 6.04 Å². The summed E-state index contributed by atoms with van der Waals surface area (Å²) in [4.78, 5) is 38.6. The maximum absolute atomic E-state index is 12.5. The molecule has 0 saturated carbocycles. The first-order valence-corrected chi connectivity index (χ1v) is 7.46. The number of urea groups is 1. The molecule has 3 amide bonds. The van der Waals surface area contributed by atoms with Gasteiger partial charge in [-0.3, -0.25) is 4.79 Å². The average Bonchev–Trinajstić information content (AvgIpc) is 2.90. The number of carboxylic acid groups (broad SMARTS) is 1. The lowest BCUT2D eigenvalue weighted by Gasteiger charge is -2.36. The van der Waals surface area contributed by atoms with E-state index in [1.54, 1.807) is 13.0 Å². The molecule has 0 fully saturated rings. The minimum Gasteiger partial charge on any atom is -0.479 e. The molecule has 0 aromatic carbocycles. The van der Waals surface area contributed by atoms with E-state index >= 15 is 0 Å². The fourth-order valence-corrected chi connectivity index (χ4v) is 3.38. The van der Waals surface area contributed by atoms with Crippen molar-refractivity contribution < 1.29 is 19.5 Å². The second-order valence-electron chi connectivity index (χ2n) is 4.75. The van der Waals surface area contributed by atoms with Gasteiger partial charge in [-0.1, -0.05) is 0 Å². The van der Waals surface area contributed by atoms with Crippen molar-refractivity contribution in [1.29, 1.82) is 0 Å². The zero-order valence-electron chi connectivity index (χ0n) is 11.6. The molecule has 0 saturated heterocycles. The summed E-state index contributed by atoms with van der Waals surface area (Å²) in [7, 11) is 0. The molecular formula is C13H17N3O4S. The Kier molecular flexibility index (Phi) is 4.46. The van der Waals surface area contributed by atoms with Crippen molar-refractivity contribution >= 4 is 29.2 Å². The lowest BCUT2D eigenvalue weighted by Crippen LogP contribution is -2.51. The summed E-state index contributed by atoms with van der Waals surface area (Å²) in [6.45, 7) is 2.12. The largest absolute Gasteiger partial charge is 0.479 e. The van der Waals surface area contributed by atoms with Crippen LogP contribution in [0.15, 0.2) is 11.4 Å². The number of nitrogens with two attached hydrogens (primary N) is 1. The minimum atomic E-state index is -1.07. The Morgan fingerprint density at radius 1 is 1.52 bits per heavy atom. The van der Waals surface area contributed by atoms with Gasteiger partial charge in [-0.25, -0.2) is 9.59 Å². The van der Waals surface area contributed by atoms with E-state index in [-0.39, 0.29) is 6.54 Å². The van der Waals surface area contributed by atoms with Crippen LogP contribution in [0, 0.1) is 0 Å². The Morgan fingerprint density at radius 2 is 2.24 bits per heavy atom. The van der Waals surface area contributed by atoms with E-state index < -0.39 is 23.9 Å². The molecule has 0 radical (unpaired) electrons. The molecule has 8 heteroatoms. The fourth-order valence-electron chi connectivity index (χ4n) is 2.47. The molecule has 1 aliphatic rings. The zero-order chi connectivity index (χ0) is 15.6. The third kappa shape index (κ3) is 2.99. The smallest absolute Gasteiger partial charge is 0.331 e. The maximum Gasteiger partial charge on any atom is 0.331 e. The van der Waals surface area contributed by atoms with Gasteiger partial charge in [0, 0.05) is 18.0 Å². The summed E-state index contributed by atoms with van der Waals surface area (Å²) < 4.78 is 0. The molecule has 114 valence electrons. The number of thiophene rings is 1. The van der Waals surface area contributed by atoms with Gasteiger partial charge in [-0.15, -0.1) is 11.3 Å². The molecule has 0 bridgehead atoms. The van der Waals surface area contributed by atoms with E-state index in [0.29, 0.717) is 25.1 Å². The number of carbonyl (C=O) groups excluding carboxylic acids is 2. The van der Waals surface area contributed by atoms with Crippen molar-refractivity contribution in [2.75, 3.05) is 19.6 Å². The van der Waals surface area contributed by atoms with E-state index in [9.17, 15) is 19.5 Å². The van der Waals surface area contributed by atoms with Crippen LogP contribution in [0.4, 0.5) is 4.79 Å². The molecule has 2 rings (SSSR count). The Morgan fingerprint density at radius 3 is 2.81 bits per heavy atom. The topological polar surface area (TPSA) is 104 Å². The van der Waals surface area contributed by atoms with E-state index in [2.05, 4.69) is 0 Å². The first kappa shape index (κ1) is 15.3. The monoisotopic (exact) mass is 311 g/mol. The number of carbonyl (C=O) groups is 3. The van der Waals surface area contributed by atoms with Crippen molar-refractivity contribution in [3.05, 3.63) is 21.9 Å². The third-order valence-electron chi connectivity index (χ3n) is 3.44. The van der Waals surface area contributed by atoms with Crippen molar-refractivity contribution in [2.24, 2.45) is 5.73 Å². The molecule has 1 aliphatic heterocycles. The Labute approximate surface area is 125 Å². The third-order valence-corrected chi connectivity index (χ3v) is 4.44. The number of primary amides is 1. The molecule has 7 nitrogen and oxygen atoms in total.